The Morgan fingerprint density at radius 3 is 1.43 bits per heavy atom. The standard InChI is InChI=1S/C2H3O4P/c3-1(4)7-2(5)6/h7H,(H,3,4)(H,5,6)/p+1. The molecule has 0 radical (unpaired) electrons. The van der Waals surface area contributed by atoms with E-state index in [-0.39, 0.29) is 0 Å². The maximum atomic E-state index is 9.47. The van der Waals surface area contributed by atoms with Crippen LogP contribution in [0, 0.1) is 0 Å². The zero-order valence-electron chi connectivity index (χ0n) is 3.29. The van der Waals surface area contributed by atoms with Gasteiger partial charge in [-0.2, -0.15) is 0 Å². The van der Waals surface area contributed by atoms with E-state index in [1.54, 1.807) is 0 Å². The molecule has 0 aromatic carbocycles. The summed E-state index contributed by atoms with van der Waals surface area (Å²) in [5, 5.41) is 15.5. The summed E-state index contributed by atoms with van der Waals surface area (Å²) in [6, 6.07) is 0. The molecular formula is C2H4O4P+. The van der Waals surface area contributed by atoms with E-state index in [4.69, 9.17) is 10.2 Å². The molecule has 0 atom stereocenters. The molecule has 0 aromatic heterocycles. The van der Waals surface area contributed by atoms with Gasteiger partial charge < -0.3 is 10.2 Å². The fourth-order valence-electron chi connectivity index (χ4n) is 0.106. The van der Waals surface area contributed by atoms with E-state index in [9.17, 15) is 9.59 Å². The Morgan fingerprint density at radius 2 is 1.43 bits per heavy atom. The number of carboxylic acid groups (broad SMARTS) is 2. The fraction of sp³-hybridized carbons (Fsp3) is 0. The smallest absolute Gasteiger partial charge is 0.451 e. The van der Waals surface area contributed by atoms with Gasteiger partial charge in [-0.3, -0.25) is 0 Å². The number of hydrogen-bond acceptors (Lipinski definition) is 2. The van der Waals surface area contributed by atoms with Crippen molar-refractivity contribution in [3.8, 4) is 0 Å². The molecule has 0 aliphatic rings. The van der Waals surface area contributed by atoms with Crippen LogP contribution in [0.2, 0.25) is 0 Å². The largest absolute Gasteiger partial charge is 0.455 e. The summed E-state index contributed by atoms with van der Waals surface area (Å²) < 4.78 is 0. The van der Waals surface area contributed by atoms with Gasteiger partial charge in [-0.25, -0.2) is 9.59 Å². The molecule has 0 saturated carbocycles. The molecule has 4 nitrogen and oxygen atoms in total. The summed E-state index contributed by atoms with van der Waals surface area (Å²) in [5.74, 6) is 0. The minimum atomic E-state index is -1.45. The number of rotatable bonds is 2. The van der Waals surface area contributed by atoms with E-state index in [0.717, 1.165) is 0 Å². The first kappa shape index (κ1) is 6.37. The van der Waals surface area contributed by atoms with Crippen LogP contribution in [-0.4, -0.2) is 21.6 Å². The van der Waals surface area contributed by atoms with Gasteiger partial charge in [0.15, 0.2) is 0 Å². The topological polar surface area (TPSA) is 74.6 Å². The van der Waals surface area contributed by atoms with E-state index in [1.165, 1.54) is 0 Å². The quantitative estimate of drug-likeness (QED) is 0.531. The summed E-state index contributed by atoms with van der Waals surface area (Å²) in [4.78, 5) is 18.9. The molecule has 2 N–H and O–H groups in total. The Morgan fingerprint density at radius 1 is 1.14 bits per heavy atom. The van der Waals surface area contributed by atoms with Crippen molar-refractivity contribution in [2.75, 3.05) is 0 Å². The first-order valence-corrected chi connectivity index (χ1v) is 2.59. The molecule has 0 amide bonds. The average Bonchev–Trinajstić information content (AvgIpc) is 1.27. The first-order chi connectivity index (χ1) is 3.13. The second kappa shape index (κ2) is 2.53. The van der Waals surface area contributed by atoms with Crippen LogP contribution >= 0.6 is 8.58 Å². The zero-order valence-corrected chi connectivity index (χ0v) is 4.44. The third-order valence-electron chi connectivity index (χ3n) is 0.247. The predicted octanol–water partition coefficient (Wildman–Crippen LogP) is 0.753. The van der Waals surface area contributed by atoms with Crippen LogP contribution in [0.5, 0.6) is 0 Å². The third-order valence-corrected chi connectivity index (χ3v) is 0.741. The number of carbonyl (C=O) groups is 2. The lowest BCUT2D eigenvalue weighted by Gasteiger charge is -1.71. The minimum absolute atomic E-state index is 1.23. The van der Waals surface area contributed by atoms with Crippen molar-refractivity contribution >= 4 is 20.0 Å². The molecule has 40 valence electrons. The average molecular weight is 123 g/mol. The molecule has 0 heterocycles. The molecule has 0 aliphatic heterocycles. The van der Waals surface area contributed by atoms with Crippen molar-refractivity contribution in [1.29, 1.82) is 0 Å². The highest BCUT2D eigenvalue weighted by molar-refractivity contribution is 7.72. The van der Waals surface area contributed by atoms with Crippen molar-refractivity contribution < 1.29 is 19.8 Å². The zero-order chi connectivity index (χ0) is 5.86. The van der Waals surface area contributed by atoms with Crippen molar-refractivity contribution in [1.82, 2.24) is 0 Å². The van der Waals surface area contributed by atoms with Gasteiger partial charge in [0.1, 0.15) is 0 Å². The molecular weight excluding hydrogens is 119 g/mol. The van der Waals surface area contributed by atoms with Crippen LogP contribution in [0.15, 0.2) is 0 Å². The van der Waals surface area contributed by atoms with E-state index in [2.05, 4.69) is 0 Å². The minimum Gasteiger partial charge on any atom is -0.451 e. The molecule has 0 fully saturated rings. The van der Waals surface area contributed by atoms with Crippen molar-refractivity contribution in [3.05, 3.63) is 0 Å². The van der Waals surface area contributed by atoms with Crippen LogP contribution in [0.25, 0.3) is 0 Å². The molecule has 0 aromatic rings. The van der Waals surface area contributed by atoms with Crippen molar-refractivity contribution in [2.45, 2.75) is 0 Å². The molecule has 0 unspecified atom stereocenters. The van der Waals surface area contributed by atoms with Gasteiger partial charge in [0.05, 0.1) is 0 Å². The van der Waals surface area contributed by atoms with E-state index in [0.29, 0.717) is 0 Å². The summed E-state index contributed by atoms with van der Waals surface area (Å²) in [5.41, 5.74) is -2.46. The molecule has 5 heteroatoms. The second-order valence-electron chi connectivity index (χ2n) is 0.821. The van der Waals surface area contributed by atoms with Crippen molar-refractivity contribution in [2.24, 2.45) is 0 Å². The van der Waals surface area contributed by atoms with Crippen LogP contribution in [0.3, 0.4) is 0 Å². The van der Waals surface area contributed by atoms with Crippen molar-refractivity contribution in [3.63, 3.8) is 0 Å². The summed E-state index contributed by atoms with van der Waals surface area (Å²) in [7, 11) is -1.45. The third kappa shape index (κ3) is 5.37. The molecule has 0 aliphatic carbocycles. The highest BCUT2D eigenvalue weighted by Crippen LogP contribution is 2.09. The van der Waals surface area contributed by atoms with Crippen LogP contribution < -0.4 is 0 Å². The van der Waals surface area contributed by atoms with Gasteiger partial charge in [0.25, 0.3) is 0 Å². The monoisotopic (exact) mass is 123 g/mol. The van der Waals surface area contributed by atoms with Gasteiger partial charge in [0.2, 0.25) is 8.58 Å². The lowest BCUT2D eigenvalue weighted by Crippen LogP contribution is -1.86. The van der Waals surface area contributed by atoms with Gasteiger partial charge >= 0.3 is 11.4 Å². The van der Waals surface area contributed by atoms with Gasteiger partial charge in [-0.1, -0.05) is 0 Å². The molecule has 0 saturated heterocycles. The second-order valence-corrected chi connectivity index (χ2v) is 2.10. The Balaban J connectivity index is 3.32. The van der Waals surface area contributed by atoms with E-state index >= 15 is 0 Å². The Labute approximate surface area is 40.9 Å². The van der Waals surface area contributed by atoms with Crippen LogP contribution in [0.1, 0.15) is 0 Å². The van der Waals surface area contributed by atoms with Gasteiger partial charge in [0, 0.05) is 0 Å². The SMILES string of the molecule is O=C(O)[PH2+]C(=O)O. The molecule has 0 spiro atoms. The molecule has 7 heavy (non-hydrogen) atoms. The van der Waals surface area contributed by atoms with Gasteiger partial charge in [-0.05, 0) is 0 Å². The number of hydrogen-bond donors (Lipinski definition) is 2. The Bertz CT molecular complexity index is 85.9. The van der Waals surface area contributed by atoms with E-state index < -0.39 is 20.0 Å². The lowest BCUT2D eigenvalue weighted by molar-refractivity contribution is 0.216. The summed E-state index contributed by atoms with van der Waals surface area (Å²) in [6.07, 6.45) is 0. The summed E-state index contributed by atoms with van der Waals surface area (Å²) >= 11 is 0. The first-order valence-electron chi connectivity index (χ1n) is 1.43. The fourth-order valence-corrected chi connectivity index (χ4v) is 0.317. The van der Waals surface area contributed by atoms with Crippen LogP contribution in [0.4, 0.5) is 9.59 Å². The maximum absolute atomic E-state index is 9.47. The predicted molar refractivity (Wildman–Crippen MR) is 25.8 cm³/mol. The highest BCUT2D eigenvalue weighted by atomic mass is 31.1. The molecule has 0 bridgehead atoms. The lowest BCUT2D eigenvalue weighted by atomic mass is 11.6. The Hall–Kier alpha value is -0.630. The van der Waals surface area contributed by atoms with Crippen LogP contribution in [-0.2, 0) is 0 Å². The maximum Gasteiger partial charge on any atom is 0.455 e. The van der Waals surface area contributed by atoms with Gasteiger partial charge in [-0.15, -0.1) is 0 Å². The van der Waals surface area contributed by atoms with E-state index in [1.807, 2.05) is 0 Å². The normalized spacial score (nSPS) is 8.00. The summed E-state index contributed by atoms with van der Waals surface area (Å²) in [6.45, 7) is 0. The Kier molecular flexibility index (Phi) is 2.30. The molecule has 0 rings (SSSR count). The highest BCUT2D eigenvalue weighted by Gasteiger charge is 2.12.